The molecule has 2 aromatic rings. The monoisotopic (exact) mass is 287 g/mol. The van der Waals surface area contributed by atoms with Crippen LogP contribution >= 0.6 is 8.58 Å². The summed E-state index contributed by atoms with van der Waals surface area (Å²) in [5.41, 5.74) is 0. The van der Waals surface area contributed by atoms with Crippen LogP contribution in [0.3, 0.4) is 0 Å². The molecule has 2 rings (SSSR count). The van der Waals surface area contributed by atoms with Gasteiger partial charge in [0, 0.05) is 16.5 Å². The Bertz CT molecular complexity index is 335. The van der Waals surface area contributed by atoms with Crippen LogP contribution in [0.2, 0.25) is 0 Å². The summed E-state index contributed by atoms with van der Waals surface area (Å²) in [7, 11) is 0.777. The third-order valence-electron chi connectivity index (χ3n) is 1.84. The Morgan fingerprint density at radius 2 is 1.12 bits per heavy atom. The van der Waals surface area contributed by atoms with Gasteiger partial charge in [-0.05, 0) is 10.6 Å². The van der Waals surface area contributed by atoms with Crippen molar-refractivity contribution in [1.82, 2.24) is 0 Å². The molecule has 0 N–H and O–H groups in total. The molecule has 0 aromatic heterocycles. The molecular weight excluding hydrogens is 270 g/mol. The van der Waals surface area contributed by atoms with Crippen LogP contribution in [0.1, 0.15) is 13.3 Å². The molecule has 0 heterocycles. The van der Waals surface area contributed by atoms with Gasteiger partial charge in [0.2, 0.25) is 0 Å². The van der Waals surface area contributed by atoms with Gasteiger partial charge in [-0.15, -0.1) is 0 Å². The van der Waals surface area contributed by atoms with Gasteiger partial charge in [-0.25, -0.2) is 0 Å². The van der Waals surface area contributed by atoms with E-state index in [1.54, 1.807) is 0 Å². The van der Waals surface area contributed by atoms with Gasteiger partial charge in [-0.3, -0.25) is 0 Å². The SMILES string of the molecule is [CH2-]CC.[Ni].c1ccc(Pc2ccccc2)cc1. The van der Waals surface area contributed by atoms with Crippen molar-refractivity contribution >= 4 is 19.2 Å². The van der Waals surface area contributed by atoms with Gasteiger partial charge in [0.25, 0.3) is 0 Å². The summed E-state index contributed by atoms with van der Waals surface area (Å²) in [6.07, 6.45) is 1.00. The van der Waals surface area contributed by atoms with Crippen LogP contribution in [0.25, 0.3) is 0 Å². The van der Waals surface area contributed by atoms with Gasteiger partial charge in [0.05, 0.1) is 0 Å². The predicted octanol–water partition coefficient (Wildman–Crippen LogP) is 3.54. The van der Waals surface area contributed by atoms with Gasteiger partial charge < -0.3 is 6.92 Å². The van der Waals surface area contributed by atoms with Crippen LogP contribution in [0.5, 0.6) is 0 Å². The number of rotatable bonds is 2. The molecule has 0 unspecified atom stereocenters. The molecule has 0 atom stereocenters. The maximum atomic E-state index is 3.49. The quantitative estimate of drug-likeness (QED) is 0.450. The Hall–Kier alpha value is -0.636. The summed E-state index contributed by atoms with van der Waals surface area (Å²) in [6, 6.07) is 21.2. The molecule has 0 aliphatic rings. The zero-order valence-corrected chi connectivity index (χ0v) is 12.0. The fourth-order valence-electron chi connectivity index (χ4n) is 1.21. The van der Waals surface area contributed by atoms with Crippen molar-refractivity contribution in [3.63, 3.8) is 0 Å². The second-order valence-electron chi connectivity index (χ2n) is 3.36. The molecule has 0 bridgehead atoms. The molecule has 2 heteroatoms. The Morgan fingerprint density at radius 1 is 0.824 bits per heavy atom. The van der Waals surface area contributed by atoms with Gasteiger partial charge in [-0.2, -0.15) is 6.42 Å². The van der Waals surface area contributed by atoms with Crippen molar-refractivity contribution in [1.29, 1.82) is 0 Å². The molecule has 0 aliphatic heterocycles. The molecular formula is C15H18NiP-. The minimum absolute atomic E-state index is 0. The fourth-order valence-corrected chi connectivity index (χ4v) is 2.26. The summed E-state index contributed by atoms with van der Waals surface area (Å²) >= 11 is 0. The van der Waals surface area contributed by atoms with E-state index in [0.717, 1.165) is 15.0 Å². The van der Waals surface area contributed by atoms with Crippen LogP contribution in [-0.4, -0.2) is 0 Å². The van der Waals surface area contributed by atoms with Gasteiger partial charge in [0.15, 0.2) is 0 Å². The Balaban J connectivity index is 0.000000583. The summed E-state index contributed by atoms with van der Waals surface area (Å²) in [4.78, 5) is 0. The van der Waals surface area contributed by atoms with E-state index in [9.17, 15) is 0 Å². The molecule has 0 aliphatic carbocycles. The van der Waals surface area contributed by atoms with E-state index in [0.29, 0.717) is 0 Å². The first kappa shape index (κ1) is 16.4. The van der Waals surface area contributed by atoms with Crippen molar-refractivity contribution in [2.24, 2.45) is 0 Å². The number of hydrogen-bond donors (Lipinski definition) is 0. The number of benzene rings is 2. The summed E-state index contributed by atoms with van der Waals surface area (Å²) in [5, 5.41) is 2.79. The molecule has 17 heavy (non-hydrogen) atoms. The number of hydrogen-bond acceptors (Lipinski definition) is 0. The third kappa shape index (κ3) is 7.32. The zero-order valence-electron chi connectivity index (χ0n) is 10.0. The van der Waals surface area contributed by atoms with E-state index in [2.05, 4.69) is 67.6 Å². The van der Waals surface area contributed by atoms with Gasteiger partial charge >= 0.3 is 0 Å². The molecule has 2 aromatic carbocycles. The van der Waals surface area contributed by atoms with E-state index in [-0.39, 0.29) is 16.5 Å². The second kappa shape index (κ2) is 10.5. The summed E-state index contributed by atoms with van der Waals surface area (Å²) in [5.74, 6) is 0. The van der Waals surface area contributed by atoms with E-state index >= 15 is 0 Å². The maximum absolute atomic E-state index is 3.49. The van der Waals surface area contributed by atoms with Crippen LogP contribution in [0, 0.1) is 6.92 Å². The third-order valence-corrected chi connectivity index (χ3v) is 3.08. The molecule has 0 amide bonds. The van der Waals surface area contributed by atoms with E-state index in [1.807, 2.05) is 6.92 Å². The molecule has 0 nitrogen and oxygen atoms in total. The summed E-state index contributed by atoms with van der Waals surface area (Å²) in [6.45, 7) is 5.50. The first-order valence-electron chi connectivity index (χ1n) is 5.53. The van der Waals surface area contributed by atoms with E-state index < -0.39 is 0 Å². The Morgan fingerprint density at radius 3 is 1.41 bits per heavy atom. The predicted molar refractivity (Wildman–Crippen MR) is 76.1 cm³/mol. The first-order valence-corrected chi connectivity index (χ1v) is 6.53. The minimum atomic E-state index is 0. The average molecular weight is 288 g/mol. The molecule has 0 radical (unpaired) electrons. The standard InChI is InChI=1S/C12H11P.C3H7.Ni/c1-3-7-11(8-4-1)13-12-9-5-2-6-10-12;1-3-2;/h1-10,13H;1,3H2,2H3;/q;-1;. The van der Waals surface area contributed by atoms with Crippen LogP contribution in [0.4, 0.5) is 0 Å². The molecule has 0 fully saturated rings. The molecule has 0 saturated carbocycles. The topological polar surface area (TPSA) is 0 Å². The van der Waals surface area contributed by atoms with E-state index in [4.69, 9.17) is 0 Å². The molecule has 0 spiro atoms. The van der Waals surface area contributed by atoms with Gasteiger partial charge in [0.1, 0.15) is 0 Å². The first-order chi connectivity index (χ1) is 7.86. The van der Waals surface area contributed by atoms with Gasteiger partial charge in [-0.1, -0.05) is 76.2 Å². The van der Waals surface area contributed by atoms with Crippen LogP contribution in [-0.2, 0) is 16.5 Å². The average Bonchev–Trinajstić information content (AvgIpc) is 2.33. The smallest absolute Gasteiger partial charge is 0 e. The van der Waals surface area contributed by atoms with Crippen molar-refractivity contribution < 1.29 is 16.5 Å². The largest absolute Gasteiger partial charge is 0.344 e. The van der Waals surface area contributed by atoms with Crippen LogP contribution < -0.4 is 10.6 Å². The van der Waals surface area contributed by atoms with Crippen molar-refractivity contribution in [2.45, 2.75) is 13.3 Å². The molecule has 0 saturated heterocycles. The van der Waals surface area contributed by atoms with Crippen molar-refractivity contribution in [3.8, 4) is 0 Å². The zero-order chi connectivity index (χ0) is 11.6. The van der Waals surface area contributed by atoms with Crippen molar-refractivity contribution in [3.05, 3.63) is 67.6 Å². The molecule has 94 valence electrons. The Labute approximate surface area is 117 Å². The maximum Gasteiger partial charge on any atom is 0 e. The normalized spacial score (nSPS) is 8.59. The van der Waals surface area contributed by atoms with Crippen LogP contribution in [0.15, 0.2) is 60.7 Å². The minimum Gasteiger partial charge on any atom is -0.344 e. The van der Waals surface area contributed by atoms with E-state index in [1.165, 1.54) is 10.6 Å². The second-order valence-corrected chi connectivity index (χ2v) is 4.76. The van der Waals surface area contributed by atoms with Crippen molar-refractivity contribution in [2.75, 3.05) is 0 Å². The summed E-state index contributed by atoms with van der Waals surface area (Å²) < 4.78 is 0. The Kier molecular flexibility index (Phi) is 10.1. The fraction of sp³-hybridized carbons (Fsp3) is 0.133.